The predicted molar refractivity (Wildman–Crippen MR) is 72.4 cm³/mol. The zero-order chi connectivity index (χ0) is 11.5. The molecule has 0 radical (unpaired) electrons. The predicted octanol–water partition coefficient (Wildman–Crippen LogP) is 2.76. The highest BCUT2D eigenvalue weighted by molar-refractivity contribution is 9.10. The Morgan fingerprint density at radius 1 is 1.25 bits per heavy atom. The lowest BCUT2D eigenvalue weighted by Crippen LogP contribution is -1.99. The summed E-state index contributed by atoms with van der Waals surface area (Å²) in [4.78, 5) is 9.45. The van der Waals surface area contributed by atoms with E-state index in [1.54, 1.807) is 17.4 Å². The molecule has 16 heavy (non-hydrogen) atoms. The molecule has 0 aliphatic heterocycles. The first-order valence-corrected chi connectivity index (χ1v) is 7.05. The van der Waals surface area contributed by atoms with Gasteiger partial charge in [0.05, 0.1) is 0 Å². The lowest BCUT2D eigenvalue weighted by Gasteiger charge is -2.01. The minimum atomic E-state index is 0.405. The number of thiophene rings is 1. The molecule has 0 bridgehead atoms. The van der Waals surface area contributed by atoms with Crippen LogP contribution in [0, 0.1) is 0 Å². The summed E-state index contributed by atoms with van der Waals surface area (Å²) in [5.74, 6) is 1.63. The molecular weight excluding hydrogens is 308 g/mol. The third kappa shape index (κ3) is 3.10. The van der Waals surface area contributed by atoms with Gasteiger partial charge in [-0.05, 0) is 22.0 Å². The summed E-state index contributed by atoms with van der Waals surface area (Å²) in [5, 5.41) is 2.66. The fourth-order valence-corrected chi connectivity index (χ4v) is 3.47. The molecule has 0 saturated carbocycles. The van der Waals surface area contributed by atoms with Gasteiger partial charge in [0.1, 0.15) is 11.6 Å². The first kappa shape index (κ1) is 11.7. The highest BCUT2D eigenvalue weighted by atomic mass is 79.9. The van der Waals surface area contributed by atoms with Crippen LogP contribution in [0.1, 0.15) is 4.88 Å². The number of halogens is 1. The van der Waals surface area contributed by atoms with Crippen LogP contribution >= 0.6 is 39.0 Å². The highest BCUT2D eigenvalue weighted by Gasteiger charge is 2.03. The maximum atomic E-state index is 5.58. The van der Waals surface area contributed by atoms with Gasteiger partial charge in [0, 0.05) is 26.5 Å². The standard InChI is InChI=1S/C9H9BrN4S2/c10-5-1-6(15-3-5)4-16-9-13-7(11)2-8(12)14-9/h1-3H,4H2,(H4,11,12,13,14). The monoisotopic (exact) mass is 316 g/mol. The molecule has 7 heteroatoms. The van der Waals surface area contributed by atoms with Crippen LogP contribution < -0.4 is 11.5 Å². The van der Waals surface area contributed by atoms with Crippen molar-refractivity contribution in [1.82, 2.24) is 9.97 Å². The number of hydrogen-bond donors (Lipinski definition) is 2. The second kappa shape index (κ2) is 5.03. The summed E-state index contributed by atoms with van der Waals surface area (Å²) >= 11 is 6.63. The number of nitrogen functional groups attached to an aromatic ring is 2. The molecule has 0 aliphatic rings. The molecule has 2 aromatic rings. The molecule has 2 aromatic heterocycles. The maximum Gasteiger partial charge on any atom is 0.191 e. The molecule has 4 nitrogen and oxygen atoms in total. The van der Waals surface area contributed by atoms with E-state index in [2.05, 4.69) is 32.0 Å². The third-order valence-corrected chi connectivity index (χ3v) is 4.49. The Balaban J connectivity index is 2.04. The summed E-state index contributed by atoms with van der Waals surface area (Å²) in [7, 11) is 0. The fraction of sp³-hybridized carbons (Fsp3) is 0.111. The van der Waals surface area contributed by atoms with E-state index in [1.807, 2.05) is 5.38 Å². The Morgan fingerprint density at radius 2 is 1.94 bits per heavy atom. The van der Waals surface area contributed by atoms with Gasteiger partial charge in [-0.2, -0.15) is 0 Å². The van der Waals surface area contributed by atoms with Gasteiger partial charge in [-0.3, -0.25) is 0 Å². The summed E-state index contributed by atoms with van der Waals surface area (Å²) < 4.78 is 1.10. The molecule has 0 fully saturated rings. The van der Waals surface area contributed by atoms with Gasteiger partial charge in [-0.15, -0.1) is 11.3 Å². The van der Waals surface area contributed by atoms with Crippen LogP contribution in [0.4, 0.5) is 11.6 Å². The van der Waals surface area contributed by atoms with Crippen molar-refractivity contribution < 1.29 is 0 Å². The minimum Gasteiger partial charge on any atom is -0.383 e. The lowest BCUT2D eigenvalue weighted by molar-refractivity contribution is 0.984. The summed E-state index contributed by atoms with van der Waals surface area (Å²) in [6.07, 6.45) is 0. The van der Waals surface area contributed by atoms with Crippen LogP contribution in [-0.2, 0) is 5.75 Å². The van der Waals surface area contributed by atoms with Crippen molar-refractivity contribution in [1.29, 1.82) is 0 Å². The summed E-state index contributed by atoms with van der Waals surface area (Å²) in [6, 6.07) is 3.62. The Hall–Kier alpha value is -0.790. The van der Waals surface area contributed by atoms with Gasteiger partial charge in [0.25, 0.3) is 0 Å². The molecular formula is C9H9BrN4S2. The third-order valence-electron chi connectivity index (χ3n) is 1.71. The zero-order valence-corrected chi connectivity index (χ0v) is 11.4. The van der Waals surface area contributed by atoms with E-state index in [-0.39, 0.29) is 0 Å². The van der Waals surface area contributed by atoms with E-state index < -0.39 is 0 Å². The average molecular weight is 317 g/mol. The molecule has 0 atom stereocenters. The second-order valence-corrected chi connectivity index (χ2v) is 5.87. The van der Waals surface area contributed by atoms with Gasteiger partial charge in [-0.25, -0.2) is 9.97 Å². The van der Waals surface area contributed by atoms with Crippen LogP contribution in [0.25, 0.3) is 0 Å². The van der Waals surface area contributed by atoms with E-state index in [9.17, 15) is 0 Å². The average Bonchev–Trinajstić information content (AvgIpc) is 2.60. The number of hydrogen-bond acceptors (Lipinski definition) is 6. The van der Waals surface area contributed by atoms with Crippen molar-refractivity contribution in [2.75, 3.05) is 11.5 Å². The Kier molecular flexibility index (Phi) is 3.67. The topological polar surface area (TPSA) is 77.8 Å². The van der Waals surface area contributed by atoms with Crippen molar-refractivity contribution in [2.24, 2.45) is 0 Å². The molecule has 0 spiro atoms. The van der Waals surface area contributed by atoms with E-state index in [1.165, 1.54) is 16.6 Å². The number of nitrogens with zero attached hydrogens (tertiary/aromatic N) is 2. The Labute approximate surface area is 110 Å². The minimum absolute atomic E-state index is 0.405. The van der Waals surface area contributed by atoms with Gasteiger partial charge < -0.3 is 11.5 Å². The molecule has 2 rings (SSSR count). The zero-order valence-electron chi connectivity index (χ0n) is 8.18. The van der Waals surface area contributed by atoms with Crippen molar-refractivity contribution in [3.8, 4) is 0 Å². The highest BCUT2D eigenvalue weighted by Crippen LogP contribution is 2.27. The second-order valence-electron chi connectivity index (χ2n) is 3.02. The molecule has 0 amide bonds. The molecule has 0 unspecified atom stereocenters. The molecule has 2 heterocycles. The first-order chi connectivity index (χ1) is 7.63. The number of aromatic nitrogens is 2. The maximum absolute atomic E-state index is 5.58. The van der Waals surface area contributed by atoms with Gasteiger partial charge in [0.2, 0.25) is 0 Å². The van der Waals surface area contributed by atoms with Crippen LogP contribution in [-0.4, -0.2) is 9.97 Å². The molecule has 84 valence electrons. The van der Waals surface area contributed by atoms with Crippen molar-refractivity contribution in [3.05, 3.63) is 26.9 Å². The summed E-state index contributed by atoms with van der Waals surface area (Å²) in [6.45, 7) is 0. The summed E-state index contributed by atoms with van der Waals surface area (Å²) in [5.41, 5.74) is 11.2. The Morgan fingerprint density at radius 3 is 2.50 bits per heavy atom. The number of nitrogens with two attached hydrogens (primary N) is 2. The van der Waals surface area contributed by atoms with Gasteiger partial charge >= 0.3 is 0 Å². The van der Waals surface area contributed by atoms with Gasteiger partial charge in [0.15, 0.2) is 5.16 Å². The van der Waals surface area contributed by atoms with E-state index in [0.717, 1.165) is 10.2 Å². The first-order valence-electron chi connectivity index (χ1n) is 4.39. The van der Waals surface area contributed by atoms with Crippen LogP contribution in [0.5, 0.6) is 0 Å². The van der Waals surface area contributed by atoms with Crippen LogP contribution in [0.3, 0.4) is 0 Å². The normalized spacial score (nSPS) is 10.6. The van der Waals surface area contributed by atoms with E-state index >= 15 is 0 Å². The van der Waals surface area contributed by atoms with Gasteiger partial charge in [-0.1, -0.05) is 11.8 Å². The molecule has 0 aromatic carbocycles. The number of rotatable bonds is 3. The van der Waals surface area contributed by atoms with Crippen LogP contribution in [0.15, 0.2) is 27.1 Å². The van der Waals surface area contributed by atoms with Crippen molar-refractivity contribution in [3.63, 3.8) is 0 Å². The van der Waals surface area contributed by atoms with Crippen LogP contribution in [0.2, 0.25) is 0 Å². The van der Waals surface area contributed by atoms with E-state index in [4.69, 9.17) is 11.5 Å². The largest absolute Gasteiger partial charge is 0.383 e. The lowest BCUT2D eigenvalue weighted by atomic mass is 10.5. The van der Waals surface area contributed by atoms with Crippen molar-refractivity contribution >= 4 is 50.7 Å². The Bertz CT molecular complexity index is 480. The molecule has 0 saturated heterocycles. The van der Waals surface area contributed by atoms with E-state index in [0.29, 0.717) is 16.8 Å². The molecule has 0 aliphatic carbocycles. The molecule has 4 N–H and O–H groups in total. The quantitative estimate of drug-likeness (QED) is 0.672. The smallest absolute Gasteiger partial charge is 0.191 e. The number of thioether (sulfide) groups is 1. The number of anilines is 2. The fourth-order valence-electron chi connectivity index (χ4n) is 1.09. The SMILES string of the molecule is Nc1cc(N)nc(SCc2cc(Br)cs2)n1. The van der Waals surface area contributed by atoms with Crippen molar-refractivity contribution in [2.45, 2.75) is 10.9 Å².